The molecule has 1 N–H and O–H groups in total. The number of unbranched alkanes of at least 4 members (excludes halogenated alkanes) is 1. The van der Waals surface area contributed by atoms with Gasteiger partial charge in [0.2, 0.25) is 5.79 Å². The van der Waals surface area contributed by atoms with Crippen LogP contribution in [-0.4, -0.2) is 17.7 Å². The molecule has 0 heterocycles. The van der Waals surface area contributed by atoms with Crippen molar-refractivity contribution in [2.24, 2.45) is 0 Å². The van der Waals surface area contributed by atoms with Crippen molar-refractivity contribution in [3.8, 4) is 0 Å². The van der Waals surface area contributed by atoms with Gasteiger partial charge in [0, 0.05) is 12.8 Å². The third kappa shape index (κ3) is 4.64. The zero-order valence-corrected chi connectivity index (χ0v) is 10.3. The van der Waals surface area contributed by atoms with Crippen LogP contribution >= 0.6 is 0 Å². The van der Waals surface area contributed by atoms with E-state index in [-0.39, 0.29) is 0 Å². The summed E-state index contributed by atoms with van der Waals surface area (Å²) in [6.45, 7) is 6.57. The van der Waals surface area contributed by atoms with Gasteiger partial charge in [0.15, 0.2) is 0 Å². The highest BCUT2D eigenvalue weighted by Crippen LogP contribution is 2.32. The number of allylic oxidation sites excluding steroid dienone is 1. The van der Waals surface area contributed by atoms with Crippen LogP contribution in [0.1, 0.15) is 58.3 Å². The smallest absolute Gasteiger partial charge is 0.201 e. The molecular formula is C13H24O3. The molecule has 1 fully saturated rings. The van der Waals surface area contributed by atoms with Crippen LogP contribution in [-0.2, 0) is 9.62 Å². The summed E-state index contributed by atoms with van der Waals surface area (Å²) in [5.74, 6) is -0.707. The van der Waals surface area contributed by atoms with Gasteiger partial charge in [-0.1, -0.05) is 12.0 Å². The highest BCUT2D eigenvalue weighted by atomic mass is 17.1. The predicted molar refractivity (Wildman–Crippen MR) is 64.1 cm³/mol. The maximum Gasteiger partial charge on any atom is 0.201 e. The fraction of sp³-hybridized carbons (Fsp3) is 0.846. The van der Waals surface area contributed by atoms with Crippen molar-refractivity contribution in [1.82, 2.24) is 0 Å². The van der Waals surface area contributed by atoms with Crippen molar-refractivity contribution >= 4 is 0 Å². The van der Waals surface area contributed by atoms with Crippen LogP contribution in [0.15, 0.2) is 12.2 Å². The summed E-state index contributed by atoms with van der Waals surface area (Å²) < 4.78 is 5.70. The molecule has 0 aromatic rings. The zero-order valence-electron chi connectivity index (χ0n) is 10.3. The molecule has 94 valence electrons. The van der Waals surface area contributed by atoms with E-state index in [1.807, 2.05) is 6.92 Å². The Kier molecular flexibility index (Phi) is 6.03. The second-order valence-corrected chi connectivity index (χ2v) is 4.83. The van der Waals surface area contributed by atoms with Crippen LogP contribution in [0.5, 0.6) is 0 Å². The molecule has 0 aliphatic heterocycles. The summed E-state index contributed by atoms with van der Waals surface area (Å²) in [6.07, 6.45) is 8.13. The minimum atomic E-state index is -0.707. The largest absolute Gasteiger partial charge is 0.347 e. The highest BCUT2D eigenvalue weighted by Gasteiger charge is 2.34. The van der Waals surface area contributed by atoms with Crippen molar-refractivity contribution in [1.29, 1.82) is 0 Å². The van der Waals surface area contributed by atoms with Gasteiger partial charge in [-0.2, -0.15) is 0 Å². The average molecular weight is 228 g/mol. The molecule has 0 unspecified atom stereocenters. The lowest BCUT2D eigenvalue weighted by atomic mass is 9.94. The van der Waals surface area contributed by atoms with Gasteiger partial charge in [0.05, 0.1) is 6.61 Å². The van der Waals surface area contributed by atoms with Gasteiger partial charge < -0.3 is 4.74 Å². The van der Waals surface area contributed by atoms with E-state index in [4.69, 9.17) is 9.99 Å². The standard InChI is InChI=1S/C13H24O3/c1-12(2)8-4-7-11-15-13(16-14)9-5-3-6-10-13/h14H,1,3-11H2,2H3. The zero-order chi connectivity index (χ0) is 11.9. The van der Waals surface area contributed by atoms with Crippen LogP contribution < -0.4 is 0 Å². The van der Waals surface area contributed by atoms with Crippen molar-refractivity contribution in [3.63, 3.8) is 0 Å². The molecule has 16 heavy (non-hydrogen) atoms. The molecule has 0 aromatic carbocycles. The Hall–Kier alpha value is -0.380. The lowest BCUT2D eigenvalue weighted by Gasteiger charge is -2.33. The monoisotopic (exact) mass is 228 g/mol. The Morgan fingerprint density at radius 3 is 2.50 bits per heavy atom. The molecule has 1 aliphatic carbocycles. The molecule has 0 atom stereocenters. The Morgan fingerprint density at radius 2 is 1.94 bits per heavy atom. The summed E-state index contributed by atoms with van der Waals surface area (Å²) in [7, 11) is 0. The minimum absolute atomic E-state index is 0.661. The molecule has 0 amide bonds. The Morgan fingerprint density at radius 1 is 1.25 bits per heavy atom. The van der Waals surface area contributed by atoms with Crippen LogP contribution in [0.4, 0.5) is 0 Å². The van der Waals surface area contributed by atoms with E-state index in [9.17, 15) is 0 Å². The van der Waals surface area contributed by atoms with E-state index < -0.39 is 5.79 Å². The minimum Gasteiger partial charge on any atom is -0.347 e. The summed E-state index contributed by atoms with van der Waals surface area (Å²) in [5.41, 5.74) is 1.21. The first-order valence-corrected chi connectivity index (χ1v) is 6.29. The van der Waals surface area contributed by atoms with E-state index in [1.165, 1.54) is 12.0 Å². The normalized spacial score (nSPS) is 19.6. The number of hydrogen-bond acceptors (Lipinski definition) is 3. The third-order valence-corrected chi connectivity index (χ3v) is 3.14. The summed E-state index contributed by atoms with van der Waals surface area (Å²) in [6, 6.07) is 0. The molecule has 0 aromatic heterocycles. The summed E-state index contributed by atoms with van der Waals surface area (Å²) in [4.78, 5) is 4.57. The highest BCUT2D eigenvalue weighted by molar-refractivity contribution is 4.87. The van der Waals surface area contributed by atoms with Gasteiger partial charge in [-0.3, -0.25) is 0 Å². The lowest BCUT2D eigenvalue weighted by Crippen LogP contribution is -2.37. The van der Waals surface area contributed by atoms with Gasteiger partial charge in [0.25, 0.3) is 0 Å². The molecule has 1 aliphatic rings. The van der Waals surface area contributed by atoms with Crippen molar-refractivity contribution in [2.45, 2.75) is 64.1 Å². The van der Waals surface area contributed by atoms with Gasteiger partial charge >= 0.3 is 0 Å². The van der Waals surface area contributed by atoms with Crippen LogP contribution in [0, 0.1) is 0 Å². The topological polar surface area (TPSA) is 38.7 Å². The first kappa shape index (κ1) is 13.7. The number of ether oxygens (including phenoxy) is 1. The summed E-state index contributed by atoms with van der Waals surface area (Å²) in [5, 5.41) is 8.95. The second kappa shape index (κ2) is 7.05. The first-order chi connectivity index (χ1) is 7.68. The van der Waals surface area contributed by atoms with Gasteiger partial charge in [0.1, 0.15) is 0 Å². The summed E-state index contributed by atoms with van der Waals surface area (Å²) >= 11 is 0. The molecule has 0 radical (unpaired) electrons. The van der Waals surface area contributed by atoms with Crippen molar-refractivity contribution in [3.05, 3.63) is 12.2 Å². The van der Waals surface area contributed by atoms with E-state index >= 15 is 0 Å². The molecule has 0 saturated heterocycles. The molecular weight excluding hydrogens is 204 g/mol. The molecule has 1 rings (SSSR count). The lowest BCUT2D eigenvalue weighted by molar-refractivity contribution is -0.411. The maximum atomic E-state index is 8.95. The Balaban J connectivity index is 2.15. The van der Waals surface area contributed by atoms with Crippen molar-refractivity contribution in [2.75, 3.05) is 6.61 Å². The van der Waals surface area contributed by atoms with E-state index in [1.54, 1.807) is 0 Å². The van der Waals surface area contributed by atoms with Crippen LogP contribution in [0.3, 0.4) is 0 Å². The fourth-order valence-electron chi connectivity index (χ4n) is 2.14. The van der Waals surface area contributed by atoms with Gasteiger partial charge in [-0.15, -0.1) is 6.58 Å². The third-order valence-electron chi connectivity index (χ3n) is 3.14. The Labute approximate surface area is 98.4 Å². The Bertz CT molecular complexity index is 207. The van der Waals surface area contributed by atoms with E-state index in [2.05, 4.69) is 11.5 Å². The van der Waals surface area contributed by atoms with E-state index in [0.29, 0.717) is 6.61 Å². The second-order valence-electron chi connectivity index (χ2n) is 4.83. The molecule has 0 spiro atoms. The number of rotatable bonds is 7. The first-order valence-electron chi connectivity index (χ1n) is 6.29. The van der Waals surface area contributed by atoms with Crippen LogP contribution in [0.2, 0.25) is 0 Å². The predicted octanol–water partition coefficient (Wildman–Crippen LogP) is 3.90. The van der Waals surface area contributed by atoms with Gasteiger partial charge in [-0.05, 0) is 39.0 Å². The SMILES string of the molecule is C=C(C)CCCCOC1(OO)CCCCC1. The van der Waals surface area contributed by atoms with E-state index in [0.717, 1.165) is 44.9 Å². The fourth-order valence-corrected chi connectivity index (χ4v) is 2.14. The van der Waals surface area contributed by atoms with Gasteiger partial charge in [-0.25, -0.2) is 10.1 Å². The maximum absolute atomic E-state index is 8.95. The number of hydrogen-bond donors (Lipinski definition) is 1. The molecule has 3 heteroatoms. The molecule has 3 nitrogen and oxygen atoms in total. The average Bonchev–Trinajstić information content (AvgIpc) is 2.29. The molecule has 1 saturated carbocycles. The molecule has 0 bridgehead atoms. The van der Waals surface area contributed by atoms with Crippen molar-refractivity contribution < 1.29 is 14.9 Å². The van der Waals surface area contributed by atoms with Crippen LogP contribution in [0.25, 0.3) is 0 Å². The quantitative estimate of drug-likeness (QED) is 0.236.